The van der Waals surface area contributed by atoms with Crippen molar-refractivity contribution < 1.29 is 13.2 Å². The molecule has 0 aliphatic rings. The van der Waals surface area contributed by atoms with Gasteiger partial charge < -0.3 is 5.32 Å². The minimum atomic E-state index is -0.569. The lowest BCUT2D eigenvalue weighted by Crippen LogP contribution is -2.03. The average Bonchev–Trinajstić information content (AvgIpc) is 2.36. The molecular formula is C14H11BrF3N. The average molecular weight is 330 g/mol. The van der Waals surface area contributed by atoms with E-state index in [4.69, 9.17) is 0 Å². The Hall–Kier alpha value is -1.49. The predicted molar refractivity (Wildman–Crippen MR) is 72.5 cm³/mol. The molecule has 0 atom stereocenters. The Morgan fingerprint density at radius 2 is 1.74 bits per heavy atom. The summed E-state index contributed by atoms with van der Waals surface area (Å²) in [6.07, 6.45) is 0. The largest absolute Gasteiger partial charge is 0.379 e. The van der Waals surface area contributed by atoms with Crippen molar-refractivity contribution in [2.45, 2.75) is 13.5 Å². The molecule has 0 aliphatic heterocycles. The highest BCUT2D eigenvalue weighted by atomic mass is 79.9. The van der Waals surface area contributed by atoms with Gasteiger partial charge in [0.1, 0.15) is 17.5 Å². The topological polar surface area (TPSA) is 12.0 Å². The van der Waals surface area contributed by atoms with Crippen LogP contribution in [0.3, 0.4) is 0 Å². The van der Waals surface area contributed by atoms with Crippen LogP contribution in [0.2, 0.25) is 0 Å². The van der Waals surface area contributed by atoms with Crippen molar-refractivity contribution in [2.24, 2.45) is 0 Å². The molecule has 100 valence electrons. The van der Waals surface area contributed by atoms with E-state index >= 15 is 0 Å². The zero-order valence-corrected chi connectivity index (χ0v) is 11.7. The smallest absolute Gasteiger partial charge is 0.147 e. The first-order chi connectivity index (χ1) is 8.97. The number of anilines is 1. The van der Waals surface area contributed by atoms with Gasteiger partial charge in [0.2, 0.25) is 0 Å². The highest BCUT2D eigenvalue weighted by Crippen LogP contribution is 2.23. The van der Waals surface area contributed by atoms with Gasteiger partial charge in [-0.3, -0.25) is 0 Å². The van der Waals surface area contributed by atoms with Crippen LogP contribution in [0, 0.1) is 24.4 Å². The predicted octanol–water partition coefficient (Wildman–Crippen LogP) is 4.79. The summed E-state index contributed by atoms with van der Waals surface area (Å²) in [7, 11) is 0. The maximum absolute atomic E-state index is 13.5. The van der Waals surface area contributed by atoms with E-state index in [1.54, 1.807) is 19.1 Å². The molecule has 0 fully saturated rings. The van der Waals surface area contributed by atoms with Gasteiger partial charge in [-0.05, 0) is 46.1 Å². The third kappa shape index (κ3) is 3.29. The Bertz CT molecular complexity index is 614. The molecule has 0 spiro atoms. The number of benzene rings is 2. The van der Waals surface area contributed by atoms with Gasteiger partial charge >= 0.3 is 0 Å². The quantitative estimate of drug-likeness (QED) is 0.798. The second-order valence-corrected chi connectivity index (χ2v) is 5.04. The van der Waals surface area contributed by atoms with Crippen LogP contribution in [-0.4, -0.2) is 0 Å². The number of nitrogens with one attached hydrogen (secondary N) is 1. The monoisotopic (exact) mass is 329 g/mol. The molecule has 0 aromatic heterocycles. The first-order valence-corrected chi connectivity index (χ1v) is 6.40. The molecular weight excluding hydrogens is 319 g/mol. The summed E-state index contributed by atoms with van der Waals surface area (Å²) in [4.78, 5) is 0. The fourth-order valence-electron chi connectivity index (χ4n) is 1.60. The Labute approximate surface area is 117 Å². The van der Waals surface area contributed by atoms with E-state index in [0.717, 1.165) is 12.1 Å². The first kappa shape index (κ1) is 13.9. The van der Waals surface area contributed by atoms with E-state index in [-0.39, 0.29) is 22.5 Å². The fraction of sp³-hybridized carbons (Fsp3) is 0.143. The lowest BCUT2D eigenvalue weighted by atomic mass is 10.1. The normalized spacial score (nSPS) is 10.6. The fourth-order valence-corrected chi connectivity index (χ4v) is 1.92. The molecule has 0 saturated carbocycles. The van der Waals surface area contributed by atoms with Crippen molar-refractivity contribution >= 4 is 21.6 Å². The van der Waals surface area contributed by atoms with Crippen molar-refractivity contribution in [3.05, 3.63) is 63.4 Å². The van der Waals surface area contributed by atoms with Crippen molar-refractivity contribution in [1.82, 2.24) is 0 Å². The number of hydrogen-bond donors (Lipinski definition) is 1. The van der Waals surface area contributed by atoms with E-state index in [0.29, 0.717) is 11.1 Å². The molecule has 0 radical (unpaired) electrons. The first-order valence-electron chi connectivity index (χ1n) is 5.61. The highest BCUT2D eigenvalue weighted by molar-refractivity contribution is 9.10. The Kier molecular flexibility index (Phi) is 4.14. The molecule has 0 bridgehead atoms. The molecule has 19 heavy (non-hydrogen) atoms. The van der Waals surface area contributed by atoms with Crippen LogP contribution in [0.1, 0.15) is 11.1 Å². The number of halogens is 4. The van der Waals surface area contributed by atoms with Gasteiger partial charge in [-0.15, -0.1) is 0 Å². The van der Waals surface area contributed by atoms with Gasteiger partial charge in [-0.25, -0.2) is 13.2 Å². The number of hydrogen-bond acceptors (Lipinski definition) is 1. The minimum Gasteiger partial charge on any atom is -0.379 e. The molecule has 0 saturated heterocycles. The van der Waals surface area contributed by atoms with Crippen molar-refractivity contribution in [1.29, 1.82) is 0 Å². The second-order valence-electron chi connectivity index (χ2n) is 4.18. The van der Waals surface area contributed by atoms with Crippen LogP contribution >= 0.6 is 15.9 Å². The number of aryl methyl sites for hydroxylation is 1. The Morgan fingerprint density at radius 3 is 2.42 bits per heavy atom. The molecule has 1 nitrogen and oxygen atoms in total. The summed E-state index contributed by atoms with van der Waals surface area (Å²) >= 11 is 2.90. The second kappa shape index (κ2) is 5.65. The zero-order valence-electron chi connectivity index (χ0n) is 10.1. The van der Waals surface area contributed by atoms with Crippen LogP contribution in [0.15, 0.2) is 34.8 Å². The van der Waals surface area contributed by atoms with E-state index in [2.05, 4.69) is 21.2 Å². The molecule has 2 aromatic rings. The van der Waals surface area contributed by atoms with Crippen molar-refractivity contribution in [3.63, 3.8) is 0 Å². The molecule has 0 unspecified atom stereocenters. The lowest BCUT2D eigenvalue weighted by molar-refractivity contribution is 0.596. The molecule has 2 rings (SSSR count). The molecule has 1 N–H and O–H groups in total. The minimum absolute atomic E-state index is 0.0432. The summed E-state index contributed by atoms with van der Waals surface area (Å²) < 4.78 is 40.2. The van der Waals surface area contributed by atoms with E-state index in [1.165, 1.54) is 6.07 Å². The Balaban J connectivity index is 2.14. The molecule has 5 heteroatoms. The van der Waals surface area contributed by atoms with Gasteiger partial charge in [-0.2, -0.15) is 0 Å². The summed E-state index contributed by atoms with van der Waals surface area (Å²) in [5, 5.41) is 2.74. The van der Waals surface area contributed by atoms with E-state index in [9.17, 15) is 13.2 Å². The van der Waals surface area contributed by atoms with Crippen molar-refractivity contribution in [2.75, 3.05) is 5.32 Å². The van der Waals surface area contributed by atoms with Crippen LogP contribution in [0.5, 0.6) is 0 Å². The number of rotatable bonds is 3. The highest BCUT2D eigenvalue weighted by Gasteiger charge is 2.08. The molecule has 0 aliphatic carbocycles. The van der Waals surface area contributed by atoms with Crippen LogP contribution in [0.4, 0.5) is 18.9 Å². The lowest BCUT2D eigenvalue weighted by Gasteiger charge is -2.09. The van der Waals surface area contributed by atoms with Gasteiger partial charge in [-0.1, -0.05) is 12.1 Å². The van der Waals surface area contributed by atoms with E-state index in [1.807, 2.05) is 0 Å². The third-order valence-electron chi connectivity index (χ3n) is 2.73. The summed E-state index contributed by atoms with van der Waals surface area (Å²) in [6.45, 7) is 1.88. The maximum atomic E-state index is 13.5. The van der Waals surface area contributed by atoms with Crippen LogP contribution in [-0.2, 0) is 6.54 Å². The molecule has 2 aromatic carbocycles. The molecule has 0 heterocycles. The van der Waals surface area contributed by atoms with E-state index < -0.39 is 11.6 Å². The Morgan fingerprint density at radius 1 is 1.00 bits per heavy atom. The standard InChI is InChI=1S/C14H11BrF3N/c1-8-2-3-9(4-11(8)16)7-19-14-6-12(17)10(15)5-13(14)18/h2-6,19H,7H2,1H3. The third-order valence-corrected chi connectivity index (χ3v) is 3.34. The summed E-state index contributed by atoms with van der Waals surface area (Å²) in [6, 6.07) is 6.86. The van der Waals surface area contributed by atoms with Crippen LogP contribution < -0.4 is 5.32 Å². The van der Waals surface area contributed by atoms with Gasteiger partial charge in [0.15, 0.2) is 0 Å². The summed E-state index contributed by atoms with van der Waals surface area (Å²) in [5.74, 6) is -1.44. The zero-order chi connectivity index (χ0) is 14.0. The van der Waals surface area contributed by atoms with Gasteiger partial charge in [0.05, 0.1) is 10.2 Å². The molecule has 0 amide bonds. The van der Waals surface area contributed by atoms with Crippen LogP contribution in [0.25, 0.3) is 0 Å². The maximum Gasteiger partial charge on any atom is 0.147 e. The van der Waals surface area contributed by atoms with Gasteiger partial charge in [0, 0.05) is 12.6 Å². The van der Waals surface area contributed by atoms with Crippen molar-refractivity contribution in [3.8, 4) is 0 Å². The summed E-state index contributed by atoms with van der Waals surface area (Å²) in [5.41, 5.74) is 1.25. The SMILES string of the molecule is Cc1ccc(CNc2cc(F)c(Br)cc2F)cc1F. The van der Waals surface area contributed by atoms with Gasteiger partial charge in [0.25, 0.3) is 0 Å².